The molecule has 2 rings (SSSR count). The molecule has 2 aromatic carbocycles. The zero-order chi connectivity index (χ0) is 13.0. The first-order chi connectivity index (χ1) is 8.74. The van der Waals surface area contributed by atoms with E-state index in [-0.39, 0.29) is 6.61 Å². The lowest BCUT2D eigenvalue weighted by atomic mass is 10.2. The molecule has 0 amide bonds. The molecule has 0 radical (unpaired) electrons. The number of nitrogens with two attached hydrogens (primary N) is 1. The molecule has 0 atom stereocenters. The number of hydrogen-bond acceptors (Lipinski definition) is 3. The summed E-state index contributed by atoms with van der Waals surface area (Å²) in [6.45, 7) is 0.348. The molecule has 0 aliphatic heterocycles. The summed E-state index contributed by atoms with van der Waals surface area (Å²) in [5, 5.41) is 9.25. The number of aliphatic hydroxyl groups excluding tert-OH is 1. The molecular formula is C14H14BrNO2. The van der Waals surface area contributed by atoms with Gasteiger partial charge >= 0.3 is 0 Å². The van der Waals surface area contributed by atoms with Crippen LogP contribution in [0.3, 0.4) is 0 Å². The minimum atomic E-state index is -0.0509. The maximum Gasteiger partial charge on any atom is 0.132 e. The summed E-state index contributed by atoms with van der Waals surface area (Å²) < 4.78 is 6.78. The van der Waals surface area contributed by atoms with Crippen LogP contribution in [0.5, 0.6) is 11.5 Å². The van der Waals surface area contributed by atoms with Crippen molar-refractivity contribution in [3.8, 4) is 11.5 Å². The Kier molecular flexibility index (Phi) is 4.36. The summed E-state index contributed by atoms with van der Waals surface area (Å²) in [5.41, 5.74) is 7.36. The molecule has 3 nitrogen and oxygen atoms in total. The lowest BCUT2D eigenvalue weighted by molar-refractivity contribution is 0.276. The molecule has 0 aliphatic carbocycles. The van der Waals surface area contributed by atoms with Crippen molar-refractivity contribution in [1.29, 1.82) is 0 Å². The Morgan fingerprint density at radius 2 is 1.78 bits per heavy atom. The van der Waals surface area contributed by atoms with Crippen LogP contribution < -0.4 is 10.5 Å². The molecule has 94 valence electrons. The van der Waals surface area contributed by atoms with E-state index in [0.717, 1.165) is 15.6 Å². The van der Waals surface area contributed by atoms with Gasteiger partial charge in [0.05, 0.1) is 6.61 Å². The Morgan fingerprint density at radius 3 is 2.50 bits per heavy atom. The zero-order valence-corrected chi connectivity index (χ0v) is 11.4. The maximum atomic E-state index is 9.25. The molecule has 0 spiro atoms. The van der Waals surface area contributed by atoms with Gasteiger partial charge in [0, 0.05) is 22.1 Å². The largest absolute Gasteiger partial charge is 0.457 e. The van der Waals surface area contributed by atoms with Crippen LogP contribution in [0, 0.1) is 0 Å². The van der Waals surface area contributed by atoms with Gasteiger partial charge in [-0.05, 0) is 24.3 Å². The standard InChI is InChI=1S/C14H14BrNO2/c15-12-5-6-14(11(7-12)8-16)18-13-4-2-1-3-10(13)9-17/h1-7,17H,8-9,16H2. The van der Waals surface area contributed by atoms with E-state index in [2.05, 4.69) is 15.9 Å². The summed E-state index contributed by atoms with van der Waals surface area (Å²) in [4.78, 5) is 0. The maximum absolute atomic E-state index is 9.25. The normalized spacial score (nSPS) is 10.4. The number of rotatable bonds is 4. The van der Waals surface area contributed by atoms with Gasteiger partial charge in [0.15, 0.2) is 0 Å². The van der Waals surface area contributed by atoms with Crippen molar-refractivity contribution >= 4 is 15.9 Å². The van der Waals surface area contributed by atoms with Crippen LogP contribution in [0.25, 0.3) is 0 Å². The Labute approximate surface area is 114 Å². The Bertz CT molecular complexity index is 543. The number of hydrogen-bond donors (Lipinski definition) is 2. The van der Waals surface area contributed by atoms with E-state index in [0.29, 0.717) is 18.0 Å². The smallest absolute Gasteiger partial charge is 0.132 e. The van der Waals surface area contributed by atoms with Crippen molar-refractivity contribution in [3.63, 3.8) is 0 Å². The summed E-state index contributed by atoms with van der Waals surface area (Å²) in [6.07, 6.45) is 0. The quantitative estimate of drug-likeness (QED) is 0.912. The predicted molar refractivity (Wildman–Crippen MR) is 74.5 cm³/mol. The van der Waals surface area contributed by atoms with Gasteiger partial charge in [-0.2, -0.15) is 0 Å². The number of ether oxygens (including phenoxy) is 1. The summed E-state index contributed by atoms with van der Waals surface area (Å²) >= 11 is 3.40. The fourth-order valence-electron chi connectivity index (χ4n) is 1.66. The minimum Gasteiger partial charge on any atom is -0.457 e. The second-order valence-electron chi connectivity index (χ2n) is 3.82. The monoisotopic (exact) mass is 307 g/mol. The van der Waals surface area contributed by atoms with Crippen molar-refractivity contribution in [3.05, 3.63) is 58.1 Å². The molecule has 0 aliphatic rings. The van der Waals surface area contributed by atoms with Gasteiger partial charge in [0.1, 0.15) is 11.5 Å². The van der Waals surface area contributed by atoms with Crippen molar-refractivity contribution in [2.45, 2.75) is 13.2 Å². The van der Waals surface area contributed by atoms with E-state index in [1.54, 1.807) is 0 Å². The van der Waals surface area contributed by atoms with E-state index in [9.17, 15) is 5.11 Å². The molecule has 0 aromatic heterocycles. The van der Waals surface area contributed by atoms with Crippen molar-refractivity contribution in [1.82, 2.24) is 0 Å². The van der Waals surface area contributed by atoms with Crippen LogP contribution in [0.1, 0.15) is 11.1 Å². The van der Waals surface area contributed by atoms with Crippen molar-refractivity contribution in [2.24, 2.45) is 5.73 Å². The average molecular weight is 308 g/mol. The van der Waals surface area contributed by atoms with Crippen LogP contribution in [-0.4, -0.2) is 5.11 Å². The molecule has 2 aromatic rings. The first kappa shape index (κ1) is 13.1. The first-order valence-electron chi connectivity index (χ1n) is 5.59. The molecule has 0 fully saturated rings. The molecule has 0 saturated carbocycles. The summed E-state index contributed by atoms with van der Waals surface area (Å²) in [7, 11) is 0. The third-order valence-electron chi connectivity index (χ3n) is 2.61. The topological polar surface area (TPSA) is 55.5 Å². The van der Waals surface area contributed by atoms with Gasteiger partial charge in [-0.25, -0.2) is 0 Å². The highest BCUT2D eigenvalue weighted by Gasteiger charge is 2.07. The highest BCUT2D eigenvalue weighted by Crippen LogP contribution is 2.29. The molecule has 0 saturated heterocycles. The lowest BCUT2D eigenvalue weighted by Crippen LogP contribution is -2.00. The van der Waals surface area contributed by atoms with E-state index in [4.69, 9.17) is 10.5 Å². The predicted octanol–water partition coefficient (Wildman–Crippen LogP) is 3.19. The highest BCUT2D eigenvalue weighted by molar-refractivity contribution is 9.10. The number of aliphatic hydroxyl groups is 1. The number of para-hydroxylation sites is 1. The van der Waals surface area contributed by atoms with Gasteiger partial charge in [-0.1, -0.05) is 34.1 Å². The molecular weight excluding hydrogens is 294 g/mol. The number of benzene rings is 2. The first-order valence-corrected chi connectivity index (χ1v) is 6.39. The minimum absolute atomic E-state index is 0.0509. The van der Waals surface area contributed by atoms with Gasteiger partial charge in [0.2, 0.25) is 0 Å². The van der Waals surface area contributed by atoms with Crippen LogP contribution in [0.2, 0.25) is 0 Å². The third kappa shape index (κ3) is 2.90. The molecule has 4 heteroatoms. The fourth-order valence-corrected chi connectivity index (χ4v) is 2.07. The van der Waals surface area contributed by atoms with E-state index < -0.39 is 0 Å². The molecule has 18 heavy (non-hydrogen) atoms. The molecule has 0 heterocycles. The van der Waals surface area contributed by atoms with Gasteiger partial charge in [0.25, 0.3) is 0 Å². The van der Waals surface area contributed by atoms with Crippen molar-refractivity contribution < 1.29 is 9.84 Å². The number of halogens is 1. The summed E-state index contributed by atoms with van der Waals surface area (Å²) in [5.74, 6) is 1.36. The second-order valence-corrected chi connectivity index (χ2v) is 4.74. The lowest BCUT2D eigenvalue weighted by Gasteiger charge is -2.12. The highest BCUT2D eigenvalue weighted by atomic mass is 79.9. The van der Waals surface area contributed by atoms with Crippen LogP contribution in [-0.2, 0) is 13.2 Å². The van der Waals surface area contributed by atoms with Gasteiger partial charge < -0.3 is 15.6 Å². The Hall–Kier alpha value is -1.36. The SMILES string of the molecule is NCc1cc(Br)ccc1Oc1ccccc1CO. The van der Waals surface area contributed by atoms with E-state index in [1.807, 2.05) is 42.5 Å². The Balaban J connectivity index is 2.33. The molecule has 0 unspecified atom stereocenters. The van der Waals surface area contributed by atoms with Crippen LogP contribution in [0.4, 0.5) is 0 Å². The second kappa shape index (κ2) is 6.00. The van der Waals surface area contributed by atoms with E-state index >= 15 is 0 Å². The summed E-state index contributed by atoms with van der Waals surface area (Å²) in [6, 6.07) is 13.1. The van der Waals surface area contributed by atoms with Gasteiger partial charge in [-0.3, -0.25) is 0 Å². The zero-order valence-electron chi connectivity index (χ0n) is 9.77. The van der Waals surface area contributed by atoms with Crippen molar-refractivity contribution in [2.75, 3.05) is 0 Å². The van der Waals surface area contributed by atoms with Crippen LogP contribution in [0.15, 0.2) is 46.9 Å². The fraction of sp³-hybridized carbons (Fsp3) is 0.143. The average Bonchev–Trinajstić information content (AvgIpc) is 2.41. The van der Waals surface area contributed by atoms with Crippen LogP contribution >= 0.6 is 15.9 Å². The van der Waals surface area contributed by atoms with Gasteiger partial charge in [-0.15, -0.1) is 0 Å². The van der Waals surface area contributed by atoms with E-state index in [1.165, 1.54) is 0 Å². The Morgan fingerprint density at radius 1 is 1.06 bits per heavy atom. The molecule has 3 N–H and O–H groups in total. The molecule has 0 bridgehead atoms. The third-order valence-corrected chi connectivity index (χ3v) is 3.10.